The van der Waals surface area contributed by atoms with Crippen LogP contribution in [-0.4, -0.2) is 31.1 Å². The quantitative estimate of drug-likeness (QED) is 0.562. The molecule has 1 aromatic carbocycles. The SMILES string of the molecule is COc1ccc(NC(=O)CCCC[C@H]2CCSS2)c(OC)c1. The third-order valence-electron chi connectivity index (χ3n) is 3.59. The molecule has 1 heterocycles. The molecule has 0 aromatic heterocycles. The summed E-state index contributed by atoms with van der Waals surface area (Å²) < 4.78 is 10.4. The van der Waals surface area contributed by atoms with Crippen molar-refractivity contribution in [3.63, 3.8) is 0 Å². The highest BCUT2D eigenvalue weighted by Crippen LogP contribution is 2.39. The lowest BCUT2D eigenvalue weighted by Crippen LogP contribution is -2.12. The van der Waals surface area contributed by atoms with Gasteiger partial charge in [0.1, 0.15) is 11.5 Å². The Balaban J connectivity index is 1.74. The van der Waals surface area contributed by atoms with Crippen LogP contribution in [0.1, 0.15) is 32.1 Å². The van der Waals surface area contributed by atoms with Crippen LogP contribution in [0, 0.1) is 0 Å². The Hall–Kier alpha value is -1.01. The summed E-state index contributed by atoms with van der Waals surface area (Å²) in [7, 11) is 7.16. The number of hydrogen-bond donors (Lipinski definition) is 1. The monoisotopic (exact) mass is 341 g/mol. The number of amides is 1. The minimum Gasteiger partial charge on any atom is -0.497 e. The molecule has 0 radical (unpaired) electrons. The van der Waals surface area contributed by atoms with E-state index in [1.165, 1.54) is 18.6 Å². The summed E-state index contributed by atoms with van der Waals surface area (Å²) in [6.07, 6.45) is 5.14. The Bertz CT molecular complexity index is 490. The minimum atomic E-state index is 0.0388. The molecule has 1 aliphatic rings. The third kappa shape index (κ3) is 5.32. The molecule has 1 fully saturated rings. The highest BCUT2D eigenvalue weighted by molar-refractivity contribution is 8.77. The lowest BCUT2D eigenvalue weighted by molar-refractivity contribution is -0.116. The average Bonchev–Trinajstić information content (AvgIpc) is 3.05. The van der Waals surface area contributed by atoms with Crippen LogP contribution >= 0.6 is 21.6 Å². The smallest absolute Gasteiger partial charge is 0.224 e. The summed E-state index contributed by atoms with van der Waals surface area (Å²) in [5.41, 5.74) is 0.691. The molecule has 1 N–H and O–H groups in total. The lowest BCUT2D eigenvalue weighted by atomic mass is 10.1. The second-order valence-electron chi connectivity index (χ2n) is 5.19. The van der Waals surface area contributed by atoms with Crippen molar-refractivity contribution < 1.29 is 14.3 Å². The molecular formula is C16H23NO3S2. The van der Waals surface area contributed by atoms with Crippen LogP contribution in [0.3, 0.4) is 0 Å². The van der Waals surface area contributed by atoms with Crippen LogP contribution in [0.25, 0.3) is 0 Å². The largest absolute Gasteiger partial charge is 0.497 e. The second kappa shape index (κ2) is 9.20. The maximum atomic E-state index is 12.0. The molecule has 2 rings (SSSR count). The molecule has 0 aliphatic carbocycles. The van der Waals surface area contributed by atoms with Crippen molar-refractivity contribution in [1.82, 2.24) is 0 Å². The first-order valence-corrected chi connectivity index (χ1v) is 9.91. The van der Waals surface area contributed by atoms with Gasteiger partial charge in [-0.2, -0.15) is 0 Å². The highest BCUT2D eigenvalue weighted by Gasteiger charge is 2.16. The van der Waals surface area contributed by atoms with Crippen molar-refractivity contribution in [3.05, 3.63) is 18.2 Å². The van der Waals surface area contributed by atoms with E-state index >= 15 is 0 Å². The number of anilines is 1. The van der Waals surface area contributed by atoms with E-state index in [-0.39, 0.29) is 5.91 Å². The Labute approximate surface area is 140 Å². The van der Waals surface area contributed by atoms with Gasteiger partial charge in [0.25, 0.3) is 0 Å². The Morgan fingerprint density at radius 2 is 2.18 bits per heavy atom. The molecule has 6 heteroatoms. The highest BCUT2D eigenvalue weighted by atomic mass is 33.1. The molecule has 1 aliphatic heterocycles. The molecule has 22 heavy (non-hydrogen) atoms. The summed E-state index contributed by atoms with van der Waals surface area (Å²) >= 11 is 0. The fourth-order valence-electron chi connectivity index (χ4n) is 2.34. The Kier molecular flexibility index (Phi) is 7.25. The topological polar surface area (TPSA) is 47.6 Å². The number of hydrogen-bond acceptors (Lipinski definition) is 5. The van der Waals surface area contributed by atoms with Gasteiger partial charge in [-0.05, 0) is 31.4 Å². The van der Waals surface area contributed by atoms with Gasteiger partial charge in [0, 0.05) is 23.5 Å². The fourth-order valence-corrected chi connectivity index (χ4v) is 5.36. The van der Waals surface area contributed by atoms with Gasteiger partial charge in [-0.3, -0.25) is 4.79 Å². The van der Waals surface area contributed by atoms with Crippen molar-refractivity contribution in [1.29, 1.82) is 0 Å². The molecule has 1 aromatic rings. The number of carbonyl (C=O) groups excluding carboxylic acids is 1. The number of ether oxygens (including phenoxy) is 2. The molecule has 0 bridgehead atoms. The van der Waals surface area contributed by atoms with Crippen LogP contribution in [0.5, 0.6) is 11.5 Å². The van der Waals surface area contributed by atoms with E-state index in [4.69, 9.17) is 9.47 Å². The number of rotatable bonds is 8. The average molecular weight is 341 g/mol. The zero-order valence-corrected chi connectivity index (χ0v) is 14.7. The van der Waals surface area contributed by atoms with Gasteiger partial charge in [0.15, 0.2) is 0 Å². The summed E-state index contributed by atoms with van der Waals surface area (Å²) in [4.78, 5) is 12.0. The predicted molar refractivity (Wildman–Crippen MR) is 95.1 cm³/mol. The van der Waals surface area contributed by atoms with Gasteiger partial charge in [-0.15, -0.1) is 0 Å². The van der Waals surface area contributed by atoms with Crippen LogP contribution in [-0.2, 0) is 4.79 Å². The molecule has 122 valence electrons. The van der Waals surface area contributed by atoms with Crippen LogP contribution < -0.4 is 14.8 Å². The first-order valence-electron chi connectivity index (χ1n) is 7.53. The van der Waals surface area contributed by atoms with E-state index in [1.54, 1.807) is 20.3 Å². The van der Waals surface area contributed by atoms with Gasteiger partial charge in [-0.25, -0.2) is 0 Å². The first kappa shape index (κ1) is 17.3. The summed E-state index contributed by atoms with van der Waals surface area (Å²) in [5.74, 6) is 2.64. The van der Waals surface area contributed by atoms with Crippen LogP contribution in [0.15, 0.2) is 18.2 Å². The van der Waals surface area contributed by atoms with Gasteiger partial charge >= 0.3 is 0 Å². The van der Waals surface area contributed by atoms with Crippen molar-refractivity contribution in [2.24, 2.45) is 0 Å². The van der Waals surface area contributed by atoms with Gasteiger partial charge in [0.2, 0.25) is 5.91 Å². The van der Waals surface area contributed by atoms with E-state index < -0.39 is 0 Å². The van der Waals surface area contributed by atoms with Crippen LogP contribution in [0.4, 0.5) is 5.69 Å². The number of unbranched alkanes of at least 4 members (excludes halogenated alkanes) is 1. The van der Waals surface area contributed by atoms with Gasteiger partial charge < -0.3 is 14.8 Å². The molecular weight excluding hydrogens is 318 g/mol. The third-order valence-corrected chi connectivity index (χ3v) is 6.60. The Morgan fingerprint density at radius 1 is 1.32 bits per heavy atom. The summed E-state index contributed by atoms with van der Waals surface area (Å²) in [6.45, 7) is 0. The van der Waals surface area contributed by atoms with Gasteiger partial charge in [0.05, 0.1) is 19.9 Å². The number of carbonyl (C=O) groups is 1. The molecule has 1 amide bonds. The maximum Gasteiger partial charge on any atom is 0.224 e. The standard InChI is InChI=1S/C16H23NO3S2/c1-19-12-7-8-14(15(11-12)20-2)17-16(18)6-4-3-5-13-9-10-21-22-13/h7-8,11,13H,3-6,9-10H2,1-2H3,(H,17,18)/t13-/m0/s1. The van der Waals surface area contributed by atoms with Gasteiger partial charge in [-0.1, -0.05) is 28.0 Å². The van der Waals surface area contributed by atoms with E-state index in [0.717, 1.165) is 18.1 Å². The van der Waals surface area contributed by atoms with Crippen LogP contribution in [0.2, 0.25) is 0 Å². The van der Waals surface area contributed by atoms with E-state index in [2.05, 4.69) is 5.32 Å². The van der Waals surface area contributed by atoms with E-state index in [1.807, 2.05) is 33.7 Å². The summed E-state index contributed by atoms with van der Waals surface area (Å²) in [6, 6.07) is 5.39. The molecule has 4 nitrogen and oxygen atoms in total. The number of benzene rings is 1. The lowest BCUT2D eigenvalue weighted by Gasteiger charge is -2.12. The maximum absolute atomic E-state index is 12.0. The van der Waals surface area contributed by atoms with Crippen molar-refractivity contribution >= 4 is 33.2 Å². The first-order chi connectivity index (χ1) is 10.7. The molecule has 0 unspecified atom stereocenters. The fraction of sp³-hybridized carbons (Fsp3) is 0.562. The molecule has 0 saturated carbocycles. The normalized spacial score (nSPS) is 17.3. The number of nitrogens with one attached hydrogen (secondary N) is 1. The summed E-state index contributed by atoms with van der Waals surface area (Å²) in [5, 5.41) is 3.70. The zero-order chi connectivity index (χ0) is 15.8. The van der Waals surface area contributed by atoms with Crippen molar-refractivity contribution in [3.8, 4) is 11.5 Å². The van der Waals surface area contributed by atoms with Crippen molar-refractivity contribution in [2.75, 3.05) is 25.3 Å². The van der Waals surface area contributed by atoms with E-state index in [0.29, 0.717) is 23.6 Å². The molecule has 1 atom stereocenters. The molecule has 0 spiro atoms. The van der Waals surface area contributed by atoms with Crippen molar-refractivity contribution in [2.45, 2.75) is 37.4 Å². The zero-order valence-electron chi connectivity index (χ0n) is 13.1. The molecule has 1 saturated heterocycles. The predicted octanol–water partition coefficient (Wildman–Crippen LogP) is 4.36. The Morgan fingerprint density at radius 3 is 2.86 bits per heavy atom. The number of methoxy groups -OCH3 is 2. The van der Waals surface area contributed by atoms with E-state index in [9.17, 15) is 4.79 Å². The second-order valence-corrected chi connectivity index (χ2v) is 7.98. The minimum absolute atomic E-state index is 0.0388.